The van der Waals surface area contributed by atoms with Crippen LogP contribution in [0.2, 0.25) is 0 Å². The fourth-order valence-electron chi connectivity index (χ4n) is 3.09. The maximum Gasteiger partial charge on any atom is 0.123 e. The van der Waals surface area contributed by atoms with Gasteiger partial charge < -0.3 is 0 Å². The van der Waals surface area contributed by atoms with E-state index in [1.54, 1.807) is 0 Å². The van der Waals surface area contributed by atoms with Gasteiger partial charge in [0.1, 0.15) is 5.82 Å². The van der Waals surface area contributed by atoms with E-state index in [1.807, 2.05) is 24.5 Å². The summed E-state index contributed by atoms with van der Waals surface area (Å²) in [5, 5.41) is 0. The maximum atomic E-state index is 13.0. The van der Waals surface area contributed by atoms with Gasteiger partial charge in [-0.15, -0.1) is 0 Å². The van der Waals surface area contributed by atoms with Gasteiger partial charge in [-0.05, 0) is 48.1 Å². The molecule has 0 saturated heterocycles. The molecule has 2 heteroatoms. The molecule has 1 aromatic carbocycles. The summed E-state index contributed by atoms with van der Waals surface area (Å²) in [6, 6.07) is 8.82. The Labute approximate surface area is 119 Å². The second-order valence-electron chi connectivity index (χ2n) is 5.78. The minimum absolute atomic E-state index is 0.195. The minimum atomic E-state index is -0.195. The maximum absolute atomic E-state index is 13.0. The lowest BCUT2D eigenvalue weighted by Crippen LogP contribution is -1.97. The topological polar surface area (TPSA) is 12.9 Å². The molecule has 1 aliphatic carbocycles. The standard InChI is InChI=1S/C18H20FN/c19-18-9-7-16(8-10-18)17-11-15(12-20-13-17)6-5-14-3-1-2-4-14/h7-14H,1-6H2. The van der Waals surface area contributed by atoms with E-state index in [0.29, 0.717) is 0 Å². The molecule has 0 bridgehead atoms. The van der Waals surface area contributed by atoms with Crippen molar-refractivity contribution in [3.8, 4) is 11.1 Å². The molecular formula is C18H20FN. The Balaban J connectivity index is 1.70. The van der Waals surface area contributed by atoms with Crippen molar-refractivity contribution in [3.05, 3.63) is 54.1 Å². The number of halogens is 1. The summed E-state index contributed by atoms with van der Waals surface area (Å²) in [7, 11) is 0. The van der Waals surface area contributed by atoms with E-state index in [1.165, 1.54) is 49.8 Å². The summed E-state index contributed by atoms with van der Waals surface area (Å²) in [4.78, 5) is 4.33. The molecule has 1 saturated carbocycles. The first-order valence-corrected chi connectivity index (χ1v) is 7.51. The molecule has 1 aliphatic rings. The summed E-state index contributed by atoms with van der Waals surface area (Å²) >= 11 is 0. The van der Waals surface area contributed by atoms with Crippen molar-refractivity contribution >= 4 is 0 Å². The van der Waals surface area contributed by atoms with Gasteiger partial charge in [0, 0.05) is 18.0 Å². The average molecular weight is 269 g/mol. The lowest BCUT2D eigenvalue weighted by Gasteiger charge is -2.09. The Hall–Kier alpha value is -1.70. The molecule has 20 heavy (non-hydrogen) atoms. The minimum Gasteiger partial charge on any atom is -0.264 e. The predicted octanol–water partition coefficient (Wildman–Crippen LogP) is 5.01. The van der Waals surface area contributed by atoms with Gasteiger partial charge in [-0.1, -0.05) is 37.8 Å². The molecule has 1 nitrogen and oxygen atoms in total. The van der Waals surface area contributed by atoms with Crippen molar-refractivity contribution in [2.45, 2.75) is 38.5 Å². The highest BCUT2D eigenvalue weighted by atomic mass is 19.1. The first-order chi connectivity index (χ1) is 9.81. The molecule has 1 aromatic heterocycles. The second-order valence-corrected chi connectivity index (χ2v) is 5.78. The highest BCUT2D eigenvalue weighted by molar-refractivity contribution is 5.62. The normalized spacial score (nSPS) is 15.7. The van der Waals surface area contributed by atoms with Crippen molar-refractivity contribution in [1.82, 2.24) is 4.98 Å². The van der Waals surface area contributed by atoms with Gasteiger partial charge in [0.15, 0.2) is 0 Å². The van der Waals surface area contributed by atoms with Gasteiger partial charge in [-0.2, -0.15) is 0 Å². The van der Waals surface area contributed by atoms with Gasteiger partial charge >= 0.3 is 0 Å². The first-order valence-electron chi connectivity index (χ1n) is 7.51. The molecule has 3 rings (SSSR count). The van der Waals surface area contributed by atoms with Crippen molar-refractivity contribution in [2.24, 2.45) is 5.92 Å². The number of nitrogens with zero attached hydrogens (tertiary/aromatic N) is 1. The van der Waals surface area contributed by atoms with Gasteiger partial charge in [0.2, 0.25) is 0 Å². The van der Waals surface area contributed by atoms with Gasteiger partial charge in [0.05, 0.1) is 0 Å². The van der Waals surface area contributed by atoms with E-state index in [0.717, 1.165) is 23.5 Å². The smallest absolute Gasteiger partial charge is 0.123 e. The van der Waals surface area contributed by atoms with E-state index in [4.69, 9.17) is 0 Å². The number of hydrogen-bond donors (Lipinski definition) is 0. The molecule has 0 radical (unpaired) electrons. The third-order valence-electron chi connectivity index (χ3n) is 4.29. The van der Waals surface area contributed by atoms with Crippen molar-refractivity contribution in [3.63, 3.8) is 0 Å². The fourth-order valence-corrected chi connectivity index (χ4v) is 3.09. The van der Waals surface area contributed by atoms with Crippen LogP contribution in [0.3, 0.4) is 0 Å². The monoisotopic (exact) mass is 269 g/mol. The molecular weight excluding hydrogens is 249 g/mol. The molecule has 0 atom stereocenters. The van der Waals surface area contributed by atoms with E-state index >= 15 is 0 Å². The molecule has 1 heterocycles. The number of benzene rings is 1. The molecule has 0 N–H and O–H groups in total. The second kappa shape index (κ2) is 6.17. The van der Waals surface area contributed by atoms with Crippen molar-refractivity contribution in [2.75, 3.05) is 0 Å². The highest BCUT2D eigenvalue weighted by Gasteiger charge is 2.14. The summed E-state index contributed by atoms with van der Waals surface area (Å²) in [6.07, 6.45) is 11.8. The fraction of sp³-hybridized carbons (Fsp3) is 0.389. The molecule has 104 valence electrons. The van der Waals surface area contributed by atoms with E-state index in [9.17, 15) is 4.39 Å². The Morgan fingerprint density at radius 2 is 1.75 bits per heavy atom. The summed E-state index contributed by atoms with van der Waals surface area (Å²) in [5.41, 5.74) is 3.40. The lowest BCUT2D eigenvalue weighted by atomic mass is 9.97. The molecule has 0 unspecified atom stereocenters. The average Bonchev–Trinajstić information content (AvgIpc) is 3.00. The predicted molar refractivity (Wildman–Crippen MR) is 79.9 cm³/mol. The molecule has 0 amide bonds. The molecule has 0 spiro atoms. The van der Waals surface area contributed by atoms with E-state index in [-0.39, 0.29) is 5.82 Å². The van der Waals surface area contributed by atoms with Crippen LogP contribution >= 0.6 is 0 Å². The van der Waals surface area contributed by atoms with Crippen LogP contribution in [0, 0.1) is 11.7 Å². The quantitative estimate of drug-likeness (QED) is 0.760. The van der Waals surface area contributed by atoms with Crippen LogP contribution in [0.25, 0.3) is 11.1 Å². The van der Waals surface area contributed by atoms with Crippen LogP contribution in [-0.4, -0.2) is 4.98 Å². The number of aromatic nitrogens is 1. The van der Waals surface area contributed by atoms with Crippen LogP contribution in [-0.2, 0) is 6.42 Å². The molecule has 0 aliphatic heterocycles. The highest BCUT2D eigenvalue weighted by Crippen LogP contribution is 2.29. The summed E-state index contributed by atoms with van der Waals surface area (Å²) in [6.45, 7) is 0. The van der Waals surface area contributed by atoms with Crippen molar-refractivity contribution < 1.29 is 4.39 Å². The number of pyridine rings is 1. The van der Waals surface area contributed by atoms with Crippen LogP contribution in [0.5, 0.6) is 0 Å². The Morgan fingerprint density at radius 1 is 1.00 bits per heavy atom. The third kappa shape index (κ3) is 3.24. The Bertz CT molecular complexity index is 556. The van der Waals surface area contributed by atoms with Crippen LogP contribution < -0.4 is 0 Å². The van der Waals surface area contributed by atoms with Gasteiger partial charge in [0.25, 0.3) is 0 Å². The van der Waals surface area contributed by atoms with E-state index in [2.05, 4.69) is 11.1 Å². The van der Waals surface area contributed by atoms with E-state index < -0.39 is 0 Å². The largest absolute Gasteiger partial charge is 0.264 e. The van der Waals surface area contributed by atoms with Crippen LogP contribution in [0.15, 0.2) is 42.7 Å². The Kier molecular flexibility index (Phi) is 4.10. The van der Waals surface area contributed by atoms with Crippen LogP contribution in [0.1, 0.15) is 37.7 Å². The zero-order chi connectivity index (χ0) is 13.8. The summed E-state index contributed by atoms with van der Waals surface area (Å²) in [5.74, 6) is 0.712. The zero-order valence-corrected chi connectivity index (χ0v) is 11.7. The number of rotatable bonds is 4. The SMILES string of the molecule is Fc1ccc(-c2cncc(CCC3CCCC3)c2)cc1. The lowest BCUT2D eigenvalue weighted by molar-refractivity contribution is 0.503. The first kappa shape index (κ1) is 13.3. The third-order valence-corrected chi connectivity index (χ3v) is 4.29. The molecule has 1 fully saturated rings. The Morgan fingerprint density at radius 3 is 2.50 bits per heavy atom. The summed E-state index contributed by atoms with van der Waals surface area (Å²) < 4.78 is 13.0. The van der Waals surface area contributed by atoms with Gasteiger partial charge in [-0.3, -0.25) is 4.98 Å². The number of hydrogen-bond acceptors (Lipinski definition) is 1. The van der Waals surface area contributed by atoms with Gasteiger partial charge in [-0.25, -0.2) is 4.39 Å². The van der Waals surface area contributed by atoms with Crippen molar-refractivity contribution in [1.29, 1.82) is 0 Å². The number of aryl methyl sites for hydroxylation is 1. The molecule has 2 aromatic rings. The zero-order valence-electron chi connectivity index (χ0n) is 11.7. The van der Waals surface area contributed by atoms with Crippen LogP contribution in [0.4, 0.5) is 4.39 Å².